The fraction of sp³-hybridized carbons (Fsp3) is 0.733. The maximum Gasteiger partial charge on any atom is 0.0245 e. The van der Waals surface area contributed by atoms with Crippen molar-refractivity contribution in [3.8, 4) is 11.8 Å². The standard InChI is InChI=1S/C30H46/c1-3-5-7-8-10-26-11-13-27(14-12-26)15-16-28-19-23-30(24-20-28)29-21-17-25(18-22-29)9-6-4-2/h11-14,25,28-30H,3-10,17-24H2,1-2H3/t25-,28?,29-,30?. The highest BCUT2D eigenvalue weighted by Crippen LogP contribution is 2.42. The molecule has 0 radical (unpaired) electrons. The van der Waals surface area contributed by atoms with Gasteiger partial charge in [-0.25, -0.2) is 0 Å². The summed E-state index contributed by atoms with van der Waals surface area (Å²) < 4.78 is 0. The number of aryl methyl sites for hydroxylation is 1. The van der Waals surface area contributed by atoms with Crippen molar-refractivity contribution < 1.29 is 0 Å². The number of unbranched alkanes of at least 4 members (excludes halogenated alkanes) is 4. The summed E-state index contributed by atoms with van der Waals surface area (Å²) >= 11 is 0. The lowest BCUT2D eigenvalue weighted by atomic mass is 9.69. The molecule has 0 N–H and O–H groups in total. The fourth-order valence-electron chi connectivity index (χ4n) is 5.87. The molecule has 30 heavy (non-hydrogen) atoms. The molecule has 0 bridgehead atoms. The van der Waals surface area contributed by atoms with Crippen molar-refractivity contribution in [2.24, 2.45) is 23.7 Å². The maximum absolute atomic E-state index is 3.62. The van der Waals surface area contributed by atoms with Crippen molar-refractivity contribution in [1.82, 2.24) is 0 Å². The molecule has 0 heteroatoms. The van der Waals surface area contributed by atoms with E-state index in [0.29, 0.717) is 5.92 Å². The van der Waals surface area contributed by atoms with Gasteiger partial charge in [0.15, 0.2) is 0 Å². The number of hydrogen-bond donors (Lipinski definition) is 0. The minimum Gasteiger partial charge on any atom is -0.0945 e. The van der Waals surface area contributed by atoms with E-state index in [4.69, 9.17) is 0 Å². The summed E-state index contributed by atoms with van der Waals surface area (Å²) in [5, 5.41) is 0. The van der Waals surface area contributed by atoms with Crippen LogP contribution in [0.25, 0.3) is 0 Å². The van der Waals surface area contributed by atoms with E-state index >= 15 is 0 Å². The van der Waals surface area contributed by atoms with Crippen LogP contribution in [0, 0.1) is 35.5 Å². The van der Waals surface area contributed by atoms with Gasteiger partial charge in [0, 0.05) is 11.5 Å². The third-order valence-corrected chi connectivity index (χ3v) is 7.99. The molecule has 0 aliphatic heterocycles. The Hall–Kier alpha value is -1.22. The molecule has 0 nitrogen and oxygen atoms in total. The van der Waals surface area contributed by atoms with Crippen molar-refractivity contribution >= 4 is 0 Å². The van der Waals surface area contributed by atoms with Gasteiger partial charge in [0.1, 0.15) is 0 Å². The molecule has 3 rings (SSSR count). The third kappa shape index (κ3) is 7.80. The first kappa shape index (κ1) is 23.4. The van der Waals surface area contributed by atoms with Crippen LogP contribution in [0.4, 0.5) is 0 Å². The van der Waals surface area contributed by atoms with Gasteiger partial charge in [-0.15, -0.1) is 0 Å². The lowest BCUT2D eigenvalue weighted by Gasteiger charge is -2.37. The van der Waals surface area contributed by atoms with Crippen LogP contribution in [0.15, 0.2) is 24.3 Å². The van der Waals surface area contributed by atoms with Crippen LogP contribution in [-0.4, -0.2) is 0 Å². The number of rotatable bonds is 9. The van der Waals surface area contributed by atoms with E-state index in [-0.39, 0.29) is 0 Å². The first-order chi connectivity index (χ1) is 14.8. The smallest absolute Gasteiger partial charge is 0.0245 e. The Bertz CT molecular complexity index is 627. The van der Waals surface area contributed by atoms with Crippen LogP contribution in [0.3, 0.4) is 0 Å². The highest BCUT2D eigenvalue weighted by atomic mass is 14.3. The molecular weight excluding hydrogens is 360 g/mol. The van der Waals surface area contributed by atoms with Crippen LogP contribution in [0.1, 0.15) is 121 Å². The Morgan fingerprint density at radius 3 is 1.97 bits per heavy atom. The minimum absolute atomic E-state index is 0.635. The van der Waals surface area contributed by atoms with Gasteiger partial charge in [0.2, 0.25) is 0 Å². The van der Waals surface area contributed by atoms with Crippen LogP contribution in [-0.2, 0) is 6.42 Å². The third-order valence-electron chi connectivity index (χ3n) is 7.99. The van der Waals surface area contributed by atoms with E-state index in [9.17, 15) is 0 Å². The lowest BCUT2D eigenvalue weighted by molar-refractivity contribution is 0.153. The average Bonchev–Trinajstić information content (AvgIpc) is 2.81. The quantitative estimate of drug-likeness (QED) is 0.283. The number of hydrogen-bond acceptors (Lipinski definition) is 0. The predicted octanol–water partition coefficient (Wildman–Crippen LogP) is 8.96. The molecule has 0 atom stereocenters. The molecule has 0 spiro atoms. The van der Waals surface area contributed by atoms with E-state index in [2.05, 4.69) is 50.0 Å². The van der Waals surface area contributed by atoms with Crippen molar-refractivity contribution in [1.29, 1.82) is 0 Å². The second-order valence-corrected chi connectivity index (χ2v) is 10.3. The second kappa shape index (κ2) is 13.2. The summed E-state index contributed by atoms with van der Waals surface area (Å²) in [6.45, 7) is 4.61. The van der Waals surface area contributed by atoms with E-state index in [1.54, 1.807) is 0 Å². The molecule has 0 unspecified atom stereocenters. The molecule has 1 aromatic rings. The molecule has 0 saturated heterocycles. The first-order valence-corrected chi connectivity index (χ1v) is 13.4. The van der Waals surface area contributed by atoms with E-state index < -0.39 is 0 Å². The van der Waals surface area contributed by atoms with Crippen LogP contribution >= 0.6 is 0 Å². The SMILES string of the molecule is CCCCCCc1ccc(C#CC2CCC([C@H]3CC[C@H](CCCC)CC3)CC2)cc1. The van der Waals surface area contributed by atoms with Gasteiger partial charge in [-0.05, 0) is 86.8 Å². The van der Waals surface area contributed by atoms with E-state index in [0.717, 1.165) is 17.8 Å². The summed E-state index contributed by atoms with van der Waals surface area (Å²) in [7, 11) is 0. The zero-order valence-electron chi connectivity index (χ0n) is 19.9. The molecule has 166 valence electrons. The van der Waals surface area contributed by atoms with Gasteiger partial charge in [0.05, 0.1) is 0 Å². The molecule has 2 saturated carbocycles. The largest absolute Gasteiger partial charge is 0.0945 e. The molecule has 0 amide bonds. The molecule has 2 aliphatic carbocycles. The predicted molar refractivity (Wildman–Crippen MR) is 132 cm³/mol. The molecule has 0 heterocycles. The van der Waals surface area contributed by atoms with Crippen LogP contribution in [0.5, 0.6) is 0 Å². The summed E-state index contributed by atoms with van der Waals surface area (Å²) in [6, 6.07) is 9.07. The topological polar surface area (TPSA) is 0 Å². The zero-order valence-corrected chi connectivity index (χ0v) is 19.9. The van der Waals surface area contributed by atoms with Gasteiger partial charge in [-0.3, -0.25) is 0 Å². The molecule has 1 aromatic carbocycles. The first-order valence-electron chi connectivity index (χ1n) is 13.4. The molecule has 2 aliphatic rings. The van der Waals surface area contributed by atoms with Crippen molar-refractivity contribution in [2.45, 2.75) is 117 Å². The van der Waals surface area contributed by atoms with Crippen LogP contribution < -0.4 is 0 Å². The Balaban J connectivity index is 1.37. The summed E-state index contributed by atoms with van der Waals surface area (Å²) in [6.07, 6.45) is 22.5. The van der Waals surface area contributed by atoms with Crippen molar-refractivity contribution in [3.05, 3.63) is 35.4 Å². The average molecular weight is 407 g/mol. The highest BCUT2D eigenvalue weighted by molar-refractivity contribution is 5.36. The van der Waals surface area contributed by atoms with Crippen LogP contribution in [0.2, 0.25) is 0 Å². The maximum atomic E-state index is 3.62. The van der Waals surface area contributed by atoms with E-state index in [1.165, 1.54) is 114 Å². The fourth-order valence-corrected chi connectivity index (χ4v) is 5.87. The van der Waals surface area contributed by atoms with E-state index in [1.807, 2.05) is 0 Å². The van der Waals surface area contributed by atoms with Gasteiger partial charge < -0.3 is 0 Å². The zero-order chi connectivity index (χ0) is 21.0. The Kier molecular flexibility index (Phi) is 10.4. The summed E-state index contributed by atoms with van der Waals surface area (Å²) in [5.41, 5.74) is 2.68. The Morgan fingerprint density at radius 2 is 1.33 bits per heavy atom. The molecule has 2 fully saturated rings. The molecule has 0 aromatic heterocycles. The minimum atomic E-state index is 0.635. The lowest BCUT2D eigenvalue weighted by Crippen LogP contribution is -2.25. The number of benzene rings is 1. The second-order valence-electron chi connectivity index (χ2n) is 10.3. The van der Waals surface area contributed by atoms with Gasteiger partial charge in [-0.1, -0.05) is 89.2 Å². The Labute approximate surface area is 187 Å². The van der Waals surface area contributed by atoms with Gasteiger partial charge >= 0.3 is 0 Å². The van der Waals surface area contributed by atoms with Gasteiger partial charge in [-0.2, -0.15) is 0 Å². The van der Waals surface area contributed by atoms with Crippen molar-refractivity contribution in [3.63, 3.8) is 0 Å². The Morgan fingerprint density at radius 1 is 0.700 bits per heavy atom. The summed E-state index contributed by atoms with van der Waals surface area (Å²) in [4.78, 5) is 0. The normalized spacial score (nSPS) is 26.7. The monoisotopic (exact) mass is 406 g/mol. The van der Waals surface area contributed by atoms with Gasteiger partial charge in [0.25, 0.3) is 0 Å². The summed E-state index contributed by atoms with van der Waals surface area (Å²) in [5.74, 6) is 10.8. The molecular formula is C30H46. The highest BCUT2D eigenvalue weighted by Gasteiger charge is 2.30. The van der Waals surface area contributed by atoms with Crippen molar-refractivity contribution in [2.75, 3.05) is 0 Å².